The Bertz CT molecular complexity index is 309. The molecule has 1 aromatic rings. The summed E-state index contributed by atoms with van der Waals surface area (Å²) in [5, 5.41) is 0. The van der Waals surface area contributed by atoms with Gasteiger partial charge < -0.3 is 9.64 Å². The number of aromatic nitrogens is 2. The Hall–Kier alpha value is -1.03. The van der Waals surface area contributed by atoms with Gasteiger partial charge in [0.25, 0.3) is 0 Å². The Morgan fingerprint density at radius 3 is 2.88 bits per heavy atom. The van der Waals surface area contributed by atoms with Crippen molar-refractivity contribution in [3.05, 3.63) is 12.3 Å². The van der Waals surface area contributed by atoms with Gasteiger partial charge in [0.2, 0.25) is 11.8 Å². The number of anilines is 1. The number of hydrogen-bond donors (Lipinski definition) is 0. The second-order valence-electron chi connectivity index (χ2n) is 3.25. The molecule has 0 aliphatic rings. The molecular weight excluding hydrogens is 226 g/mol. The first-order chi connectivity index (χ1) is 7.81. The van der Waals surface area contributed by atoms with Gasteiger partial charge in [-0.1, -0.05) is 0 Å². The Morgan fingerprint density at radius 2 is 2.25 bits per heavy atom. The standard InChI is InChI=1S/C11H18ClN3O/c1-3-15(9-5-7-12)11-13-8-6-10(14-11)16-4-2/h6,8H,3-5,7,9H2,1-2H3. The topological polar surface area (TPSA) is 38.2 Å². The largest absolute Gasteiger partial charge is 0.478 e. The van der Waals surface area contributed by atoms with E-state index in [1.54, 1.807) is 12.3 Å². The second kappa shape index (κ2) is 7.28. The first kappa shape index (κ1) is 13.0. The lowest BCUT2D eigenvalue weighted by molar-refractivity contribution is 0.326. The smallest absolute Gasteiger partial charge is 0.228 e. The van der Waals surface area contributed by atoms with Gasteiger partial charge in [0.05, 0.1) is 6.61 Å². The molecule has 0 atom stereocenters. The molecule has 1 heterocycles. The van der Waals surface area contributed by atoms with Crippen LogP contribution < -0.4 is 9.64 Å². The molecule has 0 radical (unpaired) electrons. The summed E-state index contributed by atoms with van der Waals surface area (Å²) in [5.41, 5.74) is 0. The van der Waals surface area contributed by atoms with Crippen LogP contribution in [0.4, 0.5) is 5.95 Å². The minimum Gasteiger partial charge on any atom is -0.478 e. The summed E-state index contributed by atoms with van der Waals surface area (Å²) in [6.45, 7) is 6.37. The lowest BCUT2D eigenvalue weighted by Gasteiger charge is -2.20. The van der Waals surface area contributed by atoms with E-state index in [-0.39, 0.29) is 0 Å². The molecule has 0 spiro atoms. The van der Waals surface area contributed by atoms with Crippen molar-refractivity contribution in [3.8, 4) is 5.88 Å². The molecule has 0 aliphatic heterocycles. The van der Waals surface area contributed by atoms with Crippen LogP contribution in [0.1, 0.15) is 20.3 Å². The Labute approximate surface area is 102 Å². The molecule has 0 aliphatic carbocycles. The molecule has 5 heteroatoms. The van der Waals surface area contributed by atoms with E-state index < -0.39 is 0 Å². The van der Waals surface area contributed by atoms with E-state index in [1.807, 2.05) is 6.92 Å². The fourth-order valence-corrected chi connectivity index (χ4v) is 1.48. The highest BCUT2D eigenvalue weighted by molar-refractivity contribution is 6.17. The summed E-state index contributed by atoms with van der Waals surface area (Å²) in [6, 6.07) is 1.77. The van der Waals surface area contributed by atoms with Gasteiger partial charge in [0.15, 0.2) is 0 Å². The zero-order chi connectivity index (χ0) is 11.8. The summed E-state index contributed by atoms with van der Waals surface area (Å²) in [6.07, 6.45) is 2.65. The van der Waals surface area contributed by atoms with Crippen molar-refractivity contribution in [1.82, 2.24) is 9.97 Å². The predicted octanol–water partition coefficient (Wildman–Crippen LogP) is 2.33. The van der Waals surface area contributed by atoms with Crippen LogP contribution in [0.5, 0.6) is 5.88 Å². The van der Waals surface area contributed by atoms with E-state index in [1.165, 1.54) is 0 Å². The van der Waals surface area contributed by atoms with Gasteiger partial charge in [-0.05, 0) is 20.3 Å². The summed E-state index contributed by atoms with van der Waals surface area (Å²) in [4.78, 5) is 10.7. The van der Waals surface area contributed by atoms with Crippen LogP contribution in [-0.2, 0) is 0 Å². The number of rotatable bonds is 7. The molecule has 0 fully saturated rings. The highest BCUT2D eigenvalue weighted by Gasteiger charge is 2.07. The maximum atomic E-state index is 5.68. The van der Waals surface area contributed by atoms with Gasteiger partial charge in [-0.25, -0.2) is 4.98 Å². The molecule has 0 unspecified atom stereocenters. The number of ether oxygens (including phenoxy) is 1. The molecule has 16 heavy (non-hydrogen) atoms. The van der Waals surface area contributed by atoms with Crippen LogP contribution in [0.2, 0.25) is 0 Å². The lowest BCUT2D eigenvalue weighted by atomic mass is 10.4. The lowest BCUT2D eigenvalue weighted by Crippen LogP contribution is -2.26. The number of nitrogens with zero attached hydrogens (tertiary/aromatic N) is 3. The Balaban J connectivity index is 2.71. The maximum absolute atomic E-state index is 5.68. The fourth-order valence-electron chi connectivity index (χ4n) is 1.36. The van der Waals surface area contributed by atoms with Gasteiger partial charge in [0, 0.05) is 31.2 Å². The summed E-state index contributed by atoms with van der Waals surface area (Å²) in [7, 11) is 0. The first-order valence-electron chi connectivity index (χ1n) is 5.58. The van der Waals surface area contributed by atoms with Crippen LogP contribution in [0, 0.1) is 0 Å². The molecule has 0 N–H and O–H groups in total. The summed E-state index contributed by atoms with van der Waals surface area (Å²) in [5.74, 6) is 1.98. The van der Waals surface area contributed by atoms with Crippen molar-refractivity contribution < 1.29 is 4.74 Å². The van der Waals surface area contributed by atoms with Crippen LogP contribution in [-0.4, -0.2) is 35.5 Å². The van der Waals surface area contributed by atoms with Crippen LogP contribution in [0.25, 0.3) is 0 Å². The van der Waals surface area contributed by atoms with Crippen LogP contribution in [0.3, 0.4) is 0 Å². The average molecular weight is 244 g/mol. The van der Waals surface area contributed by atoms with Crippen molar-refractivity contribution in [3.63, 3.8) is 0 Å². The molecule has 1 aromatic heterocycles. The van der Waals surface area contributed by atoms with E-state index in [0.717, 1.165) is 19.5 Å². The zero-order valence-electron chi connectivity index (χ0n) is 9.82. The van der Waals surface area contributed by atoms with E-state index in [9.17, 15) is 0 Å². The summed E-state index contributed by atoms with van der Waals surface area (Å²) >= 11 is 5.68. The van der Waals surface area contributed by atoms with Gasteiger partial charge in [0.1, 0.15) is 0 Å². The molecule has 0 saturated heterocycles. The van der Waals surface area contributed by atoms with Crippen LogP contribution in [0.15, 0.2) is 12.3 Å². The number of hydrogen-bond acceptors (Lipinski definition) is 4. The monoisotopic (exact) mass is 243 g/mol. The first-order valence-corrected chi connectivity index (χ1v) is 6.12. The van der Waals surface area contributed by atoms with E-state index >= 15 is 0 Å². The third-order valence-electron chi connectivity index (χ3n) is 2.14. The third kappa shape index (κ3) is 3.85. The summed E-state index contributed by atoms with van der Waals surface area (Å²) < 4.78 is 5.34. The van der Waals surface area contributed by atoms with E-state index in [4.69, 9.17) is 16.3 Å². The molecule has 1 rings (SSSR count). The molecule has 0 aromatic carbocycles. The number of halogens is 1. The van der Waals surface area contributed by atoms with Crippen LogP contribution >= 0.6 is 11.6 Å². The highest BCUT2D eigenvalue weighted by Crippen LogP contribution is 2.12. The minimum absolute atomic E-state index is 0.615. The van der Waals surface area contributed by atoms with Crippen molar-refractivity contribution >= 4 is 17.5 Å². The maximum Gasteiger partial charge on any atom is 0.228 e. The van der Waals surface area contributed by atoms with E-state index in [2.05, 4.69) is 21.8 Å². The molecule has 4 nitrogen and oxygen atoms in total. The minimum atomic E-state index is 0.615. The Kier molecular flexibility index (Phi) is 5.93. The second-order valence-corrected chi connectivity index (χ2v) is 3.63. The van der Waals surface area contributed by atoms with E-state index in [0.29, 0.717) is 24.3 Å². The average Bonchev–Trinajstić information content (AvgIpc) is 2.31. The molecule has 0 amide bonds. The zero-order valence-corrected chi connectivity index (χ0v) is 10.6. The number of alkyl halides is 1. The van der Waals surface area contributed by atoms with Crippen molar-refractivity contribution in [2.45, 2.75) is 20.3 Å². The Morgan fingerprint density at radius 1 is 1.44 bits per heavy atom. The molecule has 90 valence electrons. The SMILES string of the molecule is CCOc1ccnc(N(CC)CCCCl)n1. The molecule has 0 saturated carbocycles. The van der Waals surface area contributed by atoms with Gasteiger partial charge in [-0.2, -0.15) is 4.98 Å². The molecular formula is C11H18ClN3O. The molecule has 0 bridgehead atoms. The predicted molar refractivity (Wildman–Crippen MR) is 66.4 cm³/mol. The van der Waals surface area contributed by atoms with Crippen molar-refractivity contribution in [1.29, 1.82) is 0 Å². The van der Waals surface area contributed by atoms with Gasteiger partial charge >= 0.3 is 0 Å². The fraction of sp³-hybridized carbons (Fsp3) is 0.636. The van der Waals surface area contributed by atoms with Gasteiger partial charge in [-0.15, -0.1) is 11.6 Å². The highest BCUT2D eigenvalue weighted by atomic mass is 35.5. The quantitative estimate of drug-likeness (QED) is 0.689. The normalized spacial score (nSPS) is 10.2. The third-order valence-corrected chi connectivity index (χ3v) is 2.40. The van der Waals surface area contributed by atoms with Gasteiger partial charge in [-0.3, -0.25) is 0 Å². The van der Waals surface area contributed by atoms with Crippen molar-refractivity contribution in [2.75, 3.05) is 30.5 Å². The van der Waals surface area contributed by atoms with Crippen molar-refractivity contribution in [2.24, 2.45) is 0 Å².